The van der Waals surface area contributed by atoms with Crippen LogP contribution in [0.3, 0.4) is 0 Å². The van der Waals surface area contributed by atoms with Crippen LogP contribution in [0.15, 0.2) is 24.3 Å². The van der Waals surface area contributed by atoms with E-state index in [4.69, 9.17) is 5.73 Å². The van der Waals surface area contributed by atoms with Crippen molar-refractivity contribution in [3.05, 3.63) is 30.1 Å². The lowest BCUT2D eigenvalue weighted by Crippen LogP contribution is -2.02. The number of aromatic hydroxyl groups is 1. The maximum atomic E-state index is 9.94. The SMILES string of the molecule is CC(C)c1nc(N)c2c(-c3cc4cccc(O)c4[nH]3)[nH]nc2n1. The minimum absolute atomic E-state index is 0.173. The number of phenolic OH excluding ortho intramolecular Hbond substituents is 1. The van der Waals surface area contributed by atoms with Gasteiger partial charge in [0.25, 0.3) is 0 Å². The number of nitrogens with one attached hydrogen (secondary N) is 2. The van der Waals surface area contributed by atoms with E-state index in [1.54, 1.807) is 12.1 Å². The Morgan fingerprint density at radius 2 is 2.04 bits per heavy atom. The molecule has 7 nitrogen and oxygen atoms in total. The van der Waals surface area contributed by atoms with Crippen LogP contribution < -0.4 is 5.73 Å². The summed E-state index contributed by atoms with van der Waals surface area (Å²) in [7, 11) is 0. The number of H-pyrrole nitrogens is 2. The van der Waals surface area contributed by atoms with Crippen LogP contribution in [0.2, 0.25) is 0 Å². The lowest BCUT2D eigenvalue weighted by molar-refractivity contribution is 0.480. The second kappa shape index (κ2) is 4.70. The topological polar surface area (TPSA) is 116 Å². The summed E-state index contributed by atoms with van der Waals surface area (Å²) in [5.41, 5.74) is 8.82. The van der Waals surface area contributed by atoms with Gasteiger partial charge in [-0.15, -0.1) is 0 Å². The molecular weight excluding hydrogens is 292 g/mol. The number of fused-ring (bicyclic) bond motifs is 2. The fourth-order valence-corrected chi connectivity index (χ4v) is 2.70. The van der Waals surface area contributed by atoms with Crippen LogP contribution in [0.25, 0.3) is 33.3 Å². The number of phenols is 1. The number of aromatic amines is 2. The summed E-state index contributed by atoms with van der Waals surface area (Å²) >= 11 is 0. The van der Waals surface area contributed by atoms with Crippen molar-refractivity contribution in [2.45, 2.75) is 19.8 Å². The average Bonchev–Trinajstić information content (AvgIpc) is 3.11. The molecule has 116 valence electrons. The van der Waals surface area contributed by atoms with Crippen LogP contribution in [-0.2, 0) is 0 Å². The van der Waals surface area contributed by atoms with Crippen LogP contribution in [0.4, 0.5) is 5.82 Å². The van der Waals surface area contributed by atoms with Gasteiger partial charge in [0.2, 0.25) is 0 Å². The Morgan fingerprint density at radius 3 is 2.78 bits per heavy atom. The maximum Gasteiger partial charge on any atom is 0.187 e. The Kier molecular flexibility index (Phi) is 2.77. The van der Waals surface area contributed by atoms with Crippen molar-refractivity contribution in [1.29, 1.82) is 0 Å². The number of anilines is 1. The molecular formula is C16H16N6O. The number of benzene rings is 1. The highest BCUT2D eigenvalue weighted by Gasteiger charge is 2.17. The minimum Gasteiger partial charge on any atom is -0.506 e. The molecule has 5 N–H and O–H groups in total. The van der Waals surface area contributed by atoms with Crippen LogP contribution in [0.1, 0.15) is 25.6 Å². The smallest absolute Gasteiger partial charge is 0.187 e. The average molecular weight is 308 g/mol. The number of nitrogens with zero attached hydrogens (tertiary/aromatic N) is 3. The Morgan fingerprint density at radius 1 is 1.22 bits per heavy atom. The molecule has 0 fully saturated rings. The van der Waals surface area contributed by atoms with E-state index >= 15 is 0 Å². The summed E-state index contributed by atoms with van der Waals surface area (Å²) in [4.78, 5) is 12.0. The van der Waals surface area contributed by atoms with Gasteiger partial charge in [-0.3, -0.25) is 5.10 Å². The van der Waals surface area contributed by atoms with Gasteiger partial charge in [0.1, 0.15) is 17.4 Å². The van der Waals surface area contributed by atoms with Gasteiger partial charge in [0.15, 0.2) is 5.65 Å². The van der Waals surface area contributed by atoms with E-state index < -0.39 is 0 Å². The van der Waals surface area contributed by atoms with Crippen molar-refractivity contribution in [3.8, 4) is 17.1 Å². The molecule has 23 heavy (non-hydrogen) atoms. The second-order valence-corrected chi connectivity index (χ2v) is 5.84. The van der Waals surface area contributed by atoms with E-state index in [0.717, 1.165) is 11.1 Å². The molecule has 4 aromatic rings. The Hall–Kier alpha value is -3.09. The van der Waals surface area contributed by atoms with Gasteiger partial charge in [-0.2, -0.15) is 5.10 Å². The molecule has 0 spiro atoms. The van der Waals surface area contributed by atoms with Gasteiger partial charge in [-0.1, -0.05) is 26.0 Å². The van der Waals surface area contributed by atoms with E-state index in [1.165, 1.54) is 0 Å². The molecule has 7 heteroatoms. The normalized spacial score (nSPS) is 11.8. The third-order valence-corrected chi connectivity index (χ3v) is 3.88. The molecule has 0 radical (unpaired) electrons. The molecule has 4 rings (SSSR count). The summed E-state index contributed by atoms with van der Waals surface area (Å²) in [6.07, 6.45) is 0. The summed E-state index contributed by atoms with van der Waals surface area (Å²) < 4.78 is 0. The molecule has 0 unspecified atom stereocenters. The maximum absolute atomic E-state index is 9.94. The van der Waals surface area contributed by atoms with Crippen LogP contribution in [0.5, 0.6) is 5.75 Å². The van der Waals surface area contributed by atoms with Crippen molar-refractivity contribution >= 4 is 27.8 Å². The zero-order valence-electron chi connectivity index (χ0n) is 12.8. The quantitative estimate of drug-likeness (QED) is 0.454. The summed E-state index contributed by atoms with van der Waals surface area (Å²) in [6, 6.07) is 7.29. The lowest BCUT2D eigenvalue weighted by Gasteiger charge is -2.05. The summed E-state index contributed by atoms with van der Waals surface area (Å²) in [5, 5.41) is 18.8. The molecule has 0 bridgehead atoms. The Bertz CT molecular complexity index is 1030. The predicted molar refractivity (Wildman–Crippen MR) is 89.1 cm³/mol. The molecule has 0 aliphatic carbocycles. The van der Waals surface area contributed by atoms with Crippen molar-refractivity contribution < 1.29 is 5.11 Å². The van der Waals surface area contributed by atoms with Crippen molar-refractivity contribution in [3.63, 3.8) is 0 Å². The second-order valence-electron chi connectivity index (χ2n) is 5.84. The van der Waals surface area contributed by atoms with Crippen LogP contribution in [-0.4, -0.2) is 30.3 Å². The zero-order chi connectivity index (χ0) is 16.1. The standard InChI is InChI=1S/C16H16N6O/c1-7(2)15-19-14(17)11-13(21-22-16(11)20-15)9-6-8-4-3-5-10(23)12(8)18-9/h3-7,18,23H,1-2H3,(H3,17,19,20,21,22). The van der Waals surface area contributed by atoms with Gasteiger partial charge in [-0.05, 0) is 12.1 Å². The Balaban J connectivity index is 1.96. The van der Waals surface area contributed by atoms with E-state index in [1.807, 2.05) is 26.0 Å². The van der Waals surface area contributed by atoms with Gasteiger partial charge < -0.3 is 15.8 Å². The first-order chi connectivity index (χ1) is 11.0. The van der Waals surface area contributed by atoms with Gasteiger partial charge in [-0.25, -0.2) is 9.97 Å². The number of nitrogen functional groups attached to an aromatic ring is 1. The van der Waals surface area contributed by atoms with Crippen molar-refractivity contribution in [1.82, 2.24) is 25.1 Å². The largest absolute Gasteiger partial charge is 0.506 e. The van der Waals surface area contributed by atoms with E-state index in [2.05, 4.69) is 25.1 Å². The fourth-order valence-electron chi connectivity index (χ4n) is 2.70. The summed E-state index contributed by atoms with van der Waals surface area (Å²) in [5.74, 6) is 1.43. The molecule has 0 saturated carbocycles. The first-order valence-corrected chi connectivity index (χ1v) is 7.37. The highest BCUT2D eigenvalue weighted by molar-refractivity contribution is 6.00. The highest BCUT2D eigenvalue weighted by Crippen LogP contribution is 2.33. The van der Waals surface area contributed by atoms with Crippen LogP contribution >= 0.6 is 0 Å². The van der Waals surface area contributed by atoms with Crippen molar-refractivity contribution in [2.24, 2.45) is 0 Å². The Labute approximate surface area is 131 Å². The third-order valence-electron chi connectivity index (χ3n) is 3.88. The first-order valence-electron chi connectivity index (χ1n) is 7.37. The fraction of sp³-hybridized carbons (Fsp3) is 0.188. The number of hydrogen-bond donors (Lipinski definition) is 4. The van der Waals surface area contributed by atoms with Crippen molar-refractivity contribution in [2.75, 3.05) is 5.73 Å². The minimum atomic E-state index is 0.173. The van der Waals surface area contributed by atoms with Gasteiger partial charge >= 0.3 is 0 Å². The molecule has 0 atom stereocenters. The first kappa shape index (κ1) is 13.6. The number of aromatic nitrogens is 5. The van der Waals surface area contributed by atoms with E-state index in [-0.39, 0.29) is 11.7 Å². The highest BCUT2D eigenvalue weighted by atomic mass is 16.3. The molecule has 0 amide bonds. The monoisotopic (exact) mass is 308 g/mol. The number of para-hydroxylation sites is 1. The number of nitrogens with two attached hydrogens (primary N) is 1. The molecule has 1 aromatic carbocycles. The summed E-state index contributed by atoms with van der Waals surface area (Å²) in [6.45, 7) is 4.02. The van der Waals surface area contributed by atoms with Gasteiger partial charge in [0, 0.05) is 11.3 Å². The zero-order valence-corrected chi connectivity index (χ0v) is 12.8. The molecule has 0 aliphatic heterocycles. The van der Waals surface area contributed by atoms with E-state index in [9.17, 15) is 5.11 Å². The molecule has 3 aromatic heterocycles. The third kappa shape index (κ3) is 2.01. The number of rotatable bonds is 2. The predicted octanol–water partition coefficient (Wildman–Crippen LogP) is 2.91. The molecule has 0 aliphatic rings. The number of hydrogen-bond acceptors (Lipinski definition) is 5. The molecule has 3 heterocycles. The molecule has 0 saturated heterocycles. The van der Waals surface area contributed by atoms with Crippen LogP contribution in [0, 0.1) is 0 Å². The lowest BCUT2D eigenvalue weighted by atomic mass is 10.2. The van der Waals surface area contributed by atoms with E-state index in [0.29, 0.717) is 33.9 Å². The van der Waals surface area contributed by atoms with Gasteiger partial charge in [0.05, 0.1) is 22.3 Å².